The van der Waals surface area contributed by atoms with E-state index in [1.165, 1.54) is 33.4 Å². The Kier molecular flexibility index (Phi) is 6.15. The first-order valence-electron chi connectivity index (χ1n) is 10.1. The Morgan fingerprint density at radius 3 is 2.44 bits per heavy atom. The molecular formula is C25H31NO. The molecule has 1 aromatic carbocycles. The van der Waals surface area contributed by atoms with Crippen molar-refractivity contribution in [1.29, 1.82) is 0 Å². The monoisotopic (exact) mass is 361 g/mol. The van der Waals surface area contributed by atoms with E-state index in [9.17, 15) is 0 Å². The normalized spacial score (nSPS) is 12.8. The average Bonchev–Trinajstić information content (AvgIpc) is 2.83. The summed E-state index contributed by atoms with van der Waals surface area (Å²) in [5.74, 6) is 0.979. The van der Waals surface area contributed by atoms with Crippen LogP contribution in [0.3, 0.4) is 0 Å². The fourth-order valence-electron chi connectivity index (χ4n) is 4.23. The molecule has 3 rings (SSSR count). The fourth-order valence-corrected chi connectivity index (χ4v) is 4.23. The second-order valence-electron chi connectivity index (χ2n) is 7.46. The first-order valence-corrected chi connectivity index (χ1v) is 10.1. The minimum absolute atomic E-state index is 0.979. The maximum absolute atomic E-state index is 5.87. The number of hydrogen-bond donors (Lipinski definition) is 0. The molecular weight excluding hydrogens is 330 g/mol. The molecule has 0 amide bonds. The summed E-state index contributed by atoms with van der Waals surface area (Å²) in [7, 11) is 1.78. The molecule has 2 heteroatoms. The van der Waals surface area contributed by atoms with Gasteiger partial charge in [-0.25, -0.2) is 0 Å². The highest BCUT2D eigenvalue weighted by atomic mass is 16.5. The van der Waals surface area contributed by atoms with Crippen LogP contribution in [0.1, 0.15) is 73.0 Å². The standard InChI is InChI=1S/C25H31NO/c1-6-9-19(10-7-2)24-23-20(13-17(4)14-22(23)27-5)11-12-21-15-18(8-3)16-26-25(21)24/h8,13-16H,3,6-7,9-12H2,1-2,4-5H3. The van der Waals surface area contributed by atoms with Crippen LogP contribution in [0.5, 0.6) is 5.75 Å². The lowest BCUT2D eigenvalue weighted by molar-refractivity contribution is 0.412. The molecule has 2 nitrogen and oxygen atoms in total. The zero-order chi connectivity index (χ0) is 19.4. The maximum atomic E-state index is 5.87. The SMILES string of the molecule is C=Cc1cnc2c(c1)CCc1cc(C)cc(OC)c1C2=C(CCC)CCC. The minimum Gasteiger partial charge on any atom is -0.496 e. The quantitative estimate of drug-likeness (QED) is 0.582. The van der Waals surface area contributed by atoms with Crippen LogP contribution in [0.15, 0.2) is 36.5 Å². The lowest BCUT2D eigenvalue weighted by atomic mass is 9.87. The van der Waals surface area contributed by atoms with Gasteiger partial charge in [0, 0.05) is 17.3 Å². The molecule has 1 aromatic heterocycles. The summed E-state index contributed by atoms with van der Waals surface area (Å²) in [6, 6.07) is 6.75. The summed E-state index contributed by atoms with van der Waals surface area (Å²) in [4.78, 5) is 4.93. The van der Waals surface area contributed by atoms with Crippen LogP contribution in [-0.4, -0.2) is 12.1 Å². The number of ether oxygens (including phenoxy) is 1. The van der Waals surface area contributed by atoms with E-state index in [1.807, 2.05) is 12.3 Å². The molecule has 1 aliphatic rings. The van der Waals surface area contributed by atoms with E-state index in [0.29, 0.717) is 0 Å². The number of hydrogen-bond acceptors (Lipinski definition) is 2. The topological polar surface area (TPSA) is 22.1 Å². The zero-order valence-electron chi connectivity index (χ0n) is 17.2. The van der Waals surface area contributed by atoms with Crippen molar-refractivity contribution < 1.29 is 4.74 Å². The smallest absolute Gasteiger partial charge is 0.127 e. The molecule has 2 aromatic rings. The van der Waals surface area contributed by atoms with Gasteiger partial charge < -0.3 is 4.74 Å². The second-order valence-corrected chi connectivity index (χ2v) is 7.46. The van der Waals surface area contributed by atoms with Crippen molar-refractivity contribution in [2.24, 2.45) is 0 Å². The Hall–Kier alpha value is -2.35. The summed E-state index contributed by atoms with van der Waals surface area (Å²) < 4.78 is 5.87. The predicted octanol–water partition coefficient (Wildman–Crippen LogP) is 6.54. The third kappa shape index (κ3) is 3.85. The van der Waals surface area contributed by atoms with Gasteiger partial charge >= 0.3 is 0 Å². The van der Waals surface area contributed by atoms with Gasteiger partial charge in [-0.2, -0.15) is 0 Å². The molecule has 0 fully saturated rings. The average molecular weight is 362 g/mol. The summed E-state index contributed by atoms with van der Waals surface area (Å²) in [6.07, 6.45) is 10.3. The molecule has 0 unspecified atom stereocenters. The molecule has 0 atom stereocenters. The Labute approximate surface area is 164 Å². The van der Waals surface area contributed by atoms with Gasteiger partial charge in [-0.05, 0) is 67.0 Å². The Morgan fingerprint density at radius 1 is 1.11 bits per heavy atom. The number of aryl methyl sites for hydroxylation is 3. The molecule has 27 heavy (non-hydrogen) atoms. The van der Waals surface area contributed by atoms with Crippen LogP contribution in [0.4, 0.5) is 0 Å². The minimum atomic E-state index is 0.979. The third-order valence-corrected chi connectivity index (χ3v) is 5.38. The molecule has 0 N–H and O–H groups in total. The molecule has 0 saturated heterocycles. The summed E-state index contributed by atoms with van der Waals surface area (Å²) >= 11 is 0. The molecule has 0 saturated carbocycles. The number of allylic oxidation sites excluding steroid dienone is 1. The van der Waals surface area contributed by atoms with E-state index >= 15 is 0 Å². The van der Waals surface area contributed by atoms with Gasteiger partial charge in [0.25, 0.3) is 0 Å². The molecule has 142 valence electrons. The van der Waals surface area contributed by atoms with Crippen LogP contribution in [-0.2, 0) is 12.8 Å². The molecule has 0 radical (unpaired) electrons. The summed E-state index contributed by atoms with van der Waals surface area (Å²) in [5, 5.41) is 0. The zero-order valence-corrected chi connectivity index (χ0v) is 17.2. The number of benzene rings is 1. The molecule has 1 aliphatic carbocycles. The Morgan fingerprint density at radius 2 is 1.81 bits per heavy atom. The van der Waals surface area contributed by atoms with Gasteiger partial charge in [0.15, 0.2) is 0 Å². The predicted molar refractivity (Wildman–Crippen MR) is 115 cm³/mol. The number of methoxy groups -OCH3 is 1. The third-order valence-electron chi connectivity index (χ3n) is 5.38. The van der Waals surface area contributed by atoms with Crippen LogP contribution in [0.25, 0.3) is 11.6 Å². The number of nitrogens with zero attached hydrogens (tertiary/aromatic N) is 1. The van der Waals surface area contributed by atoms with Gasteiger partial charge in [-0.1, -0.05) is 51.0 Å². The number of fused-ring (bicyclic) bond motifs is 2. The van der Waals surface area contributed by atoms with Crippen LogP contribution >= 0.6 is 0 Å². The van der Waals surface area contributed by atoms with Crippen LogP contribution in [0.2, 0.25) is 0 Å². The molecule has 0 spiro atoms. The van der Waals surface area contributed by atoms with Crippen LogP contribution < -0.4 is 4.74 Å². The summed E-state index contributed by atoms with van der Waals surface area (Å²) in [6.45, 7) is 10.6. The van der Waals surface area contributed by atoms with Crippen molar-refractivity contribution in [2.45, 2.75) is 59.3 Å². The van der Waals surface area contributed by atoms with Gasteiger partial charge in [-0.3, -0.25) is 4.98 Å². The Bertz CT molecular complexity index is 868. The first-order chi connectivity index (χ1) is 13.1. The van der Waals surface area contributed by atoms with Gasteiger partial charge in [-0.15, -0.1) is 0 Å². The van der Waals surface area contributed by atoms with Crippen molar-refractivity contribution in [1.82, 2.24) is 4.98 Å². The van der Waals surface area contributed by atoms with E-state index in [1.54, 1.807) is 7.11 Å². The van der Waals surface area contributed by atoms with Crippen molar-refractivity contribution >= 4 is 11.6 Å². The summed E-state index contributed by atoms with van der Waals surface area (Å²) in [5.41, 5.74) is 10.3. The highest BCUT2D eigenvalue weighted by molar-refractivity contribution is 5.87. The lowest BCUT2D eigenvalue weighted by Gasteiger charge is -2.20. The van der Waals surface area contributed by atoms with Crippen LogP contribution in [0, 0.1) is 6.92 Å². The van der Waals surface area contributed by atoms with Crippen molar-refractivity contribution in [3.05, 3.63) is 70.1 Å². The highest BCUT2D eigenvalue weighted by Crippen LogP contribution is 2.42. The molecule has 0 aliphatic heterocycles. The van der Waals surface area contributed by atoms with E-state index in [2.05, 4.69) is 45.5 Å². The highest BCUT2D eigenvalue weighted by Gasteiger charge is 2.25. The maximum Gasteiger partial charge on any atom is 0.127 e. The van der Waals surface area contributed by atoms with Crippen molar-refractivity contribution in [2.75, 3.05) is 7.11 Å². The van der Waals surface area contributed by atoms with E-state index in [4.69, 9.17) is 9.72 Å². The van der Waals surface area contributed by atoms with E-state index < -0.39 is 0 Å². The van der Waals surface area contributed by atoms with Gasteiger partial charge in [0.05, 0.1) is 12.8 Å². The van der Waals surface area contributed by atoms with Crippen molar-refractivity contribution in [3.63, 3.8) is 0 Å². The number of aromatic nitrogens is 1. The lowest BCUT2D eigenvalue weighted by Crippen LogP contribution is -2.03. The van der Waals surface area contributed by atoms with Gasteiger partial charge in [0.2, 0.25) is 0 Å². The van der Waals surface area contributed by atoms with E-state index in [-0.39, 0.29) is 0 Å². The molecule has 1 heterocycles. The van der Waals surface area contributed by atoms with Gasteiger partial charge in [0.1, 0.15) is 5.75 Å². The Balaban J connectivity index is 2.37. The first kappa shape index (κ1) is 19.4. The second kappa shape index (κ2) is 8.56. The number of rotatable bonds is 6. The molecule has 0 bridgehead atoms. The fraction of sp³-hybridized carbons (Fsp3) is 0.400. The largest absolute Gasteiger partial charge is 0.496 e. The van der Waals surface area contributed by atoms with E-state index in [0.717, 1.165) is 55.5 Å². The van der Waals surface area contributed by atoms with Crippen molar-refractivity contribution in [3.8, 4) is 5.75 Å². The number of pyridine rings is 1.